The molecule has 1 saturated heterocycles. The Bertz CT molecular complexity index is 666. The number of benzene rings is 2. The Balaban J connectivity index is 1.63. The van der Waals surface area contributed by atoms with Gasteiger partial charge in [0.25, 0.3) is 0 Å². The van der Waals surface area contributed by atoms with Crippen LogP contribution in [0.2, 0.25) is 0 Å². The number of nitrogens with one attached hydrogen (secondary N) is 1. The molecule has 2 unspecified atom stereocenters. The SMILES string of the molecule is c1ccc(CC2(C3OCc4ccccc4O3)CNCCCO2)cc1. The van der Waals surface area contributed by atoms with Crippen molar-refractivity contribution in [1.82, 2.24) is 5.32 Å². The Hall–Kier alpha value is -1.88. The van der Waals surface area contributed by atoms with Gasteiger partial charge in [0.2, 0.25) is 6.29 Å². The second-order valence-electron chi connectivity index (χ2n) is 6.47. The van der Waals surface area contributed by atoms with Crippen molar-refractivity contribution in [3.8, 4) is 5.75 Å². The summed E-state index contributed by atoms with van der Waals surface area (Å²) in [6.45, 7) is 2.94. The first kappa shape index (κ1) is 15.6. The van der Waals surface area contributed by atoms with Crippen LogP contribution < -0.4 is 10.1 Å². The predicted molar refractivity (Wildman–Crippen MR) is 92.0 cm³/mol. The Kier molecular flexibility index (Phi) is 4.52. The van der Waals surface area contributed by atoms with Gasteiger partial charge in [0.05, 0.1) is 6.61 Å². The van der Waals surface area contributed by atoms with Gasteiger partial charge in [-0.2, -0.15) is 0 Å². The molecule has 1 fully saturated rings. The van der Waals surface area contributed by atoms with Gasteiger partial charge in [0.15, 0.2) is 0 Å². The zero-order valence-electron chi connectivity index (χ0n) is 13.7. The van der Waals surface area contributed by atoms with Crippen LogP contribution in [0.5, 0.6) is 5.75 Å². The maximum absolute atomic E-state index is 6.34. The molecule has 0 aliphatic carbocycles. The summed E-state index contributed by atoms with van der Waals surface area (Å²) in [5.41, 5.74) is 1.79. The molecule has 0 radical (unpaired) electrons. The van der Waals surface area contributed by atoms with E-state index >= 15 is 0 Å². The van der Waals surface area contributed by atoms with Crippen LogP contribution in [-0.2, 0) is 22.5 Å². The van der Waals surface area contributed by atoms with Crippen molar-refractivity contribution in [3.05, 3.63) is 65.7 Å². The number of para-hydroxylation sites is 1. The maximum Gasteiger partial charge on any atom is 0.231 e. The maximum atomic E-state index is 6.34. The number of rotatable bonds is 3. The summed E-state index contributed by atoms with van der Waals surface area (Å²) < 4.78 is 18.6. The minimum absolute atomic E-state index is 0.418. The van der Waals surface area contributed by atoms with E-state index in [1.54, 1.807) is 0 Å². The second-order valence-corrected chi connectivity index (χ2v) is 6.47. The van der Waals surface area contributed by atoms with Gasteiger partial charge in [-0.05, 0) is 24.6 Å². The zero-order chi connectivity index (χ0) is 16.2. The van der Waals surface area contributed by atoms with E-state index in [9.17, 15) is 0 Å². The van der Waals surface area contributed by atoms with Crippen LogP contribution in [0.4, 0.5) is 0 Å². The molecule has 1 N–H and O–H groups in total. The van der Waals surface area contributed by atoms with Gasteiger partial charge in [0.1, 0.15) is 11.4 Å². The lowest BCUT2D eigenvalue weighted by atomic mass is 9.92. The monoisotopic (exact) mass is 325 g/mol. The number of hydrogen-bond donors (Lipinski definition) is 1. The normalized spacial score (nSPS) is 26.9. The first-order chi connectivity index (χ1) is 11.9. The Morgan fingerprint density at radius 1 is 1.04 bits per heavy atom. The van der Waals surface area contributed by atoms with Crippen LogP contribution in [0.25, 0.3) is 0 Å². The van der Waals surface area contributed by atoms with Gasteiger partial charge >= 0.3 is 0 Å². The molecule has 2 aliphatic heterocycles. The first-order valence-corrected chi connectivity index (χ1v) is 8.61. The molecular formula is C20H23NO3. The highest BCUT2D eigenvalue weighted by Crippen LogP contribution is 2.34. The molecule has 2 aromatic rings. The molecular weight excluding hydrogens is 302 g/mol. The third kappa shape index (κ3) is 3.18. The fourth-order valence-electron chi connectivity index (χ4n) is 3.43. The molecule has 4 nitrogen and oxygen atoms in total. The highest BCUT2D eigenvalue weighted by atomic mass is 16.7. The summed E-state index contributed by atoms with van der Waals surface area (Å²) in [5, 5.41) is 3.49. The van der Waals surface area contributed by atoms with Crippen molar-refractivity contribution in [1.29, 1.82) is 0 Å². The first-order valence-electron chi connectivity index (χ1n) is 8.61. The quantitative estimate of drug-likeness (QED) is 0.942. The molecule has 0 amide bonds. The lowest BCUT2D eigenvalue weighted by Crippen LogP contribution is -2.57. The van der Waals surface area contributed by atoms with Gasteiger partial charge in [-0.25, -0.2) is 0 Å². The molecule has 24 heavy (non-hydrogen) atoms. The Morgan fingerprint density at radius 2 is 1.88 bits per heavy atom. The largest absolute Gasteiger partial charge is 0.461 e. The Morgan fingerprint density at radius 3 is 2.79 bits per heavy atom. The van der Waals surface area contributed by atoms with Crippen molar-refractivity contribution in [2.24, 2.45) is 0 Å². The summed E-state index contributed by atoms with van der Waals surface area (Å²) >= 11 is 0. The lowest BCUT2D eigenvalue weighted by Gasteiger charge is -2.41. The van der Waals surface area contributed by atoms with Crippen LogP contribution >= 0.6 is 0 Å². The molecule has 0 spiro atoms. The van der Waals surface area contributed by atoms with Crippen molar-refractivity contribution in [2.45, 2.75) is 31.3 Å². The van der Waals surface area contributed by atoms with E-state index in [2.05, 4.69) is 29.6 Å². The van der Waals surface area contributed by atoms with Crippen LogP contribution in [0.3, 0.4) is 0 Å². The number of ether oxygens (including phenoxy) is 3. The van der Waals surface area contributed by atoms with E-state index < -0.39 is 11.9 Å². The summed E-state index contributed by atoms with van der Waals surface area (Å²) in [6, 6.07) is 18.5. The molecule has 0 bridgehead atoms. The van der Waals surface area contributed by atoms with Gasteiger partial charge in [-0.1, -0.05) is 48.5 Å². The number of hydrogen-bond acceptors (Lipinski definition) is 4. The summed E-state index contributed by atoms with van der Waals surface area (Å²) in [6.07, 6.45) is 1.34. The van der Waals surface area contributed by atoms with Gasteiger partial charge < -0.3 is 19.5 Å². The van der Waals surface area contributed by atoms with Gasteiger partial charge in [-0.15, -0.1) is 0 Å². The summed E-state index contributed by atoms with van der Waals surface area (Å²) in [7, 11) is 0. The molecule has 0 aromatic heterocycles. The average molecular weight is 325 g/mol. The van der Waals surface area contributed by atoms with E-state index in [1.165, 1.54) is 5.56 Å². The molecule has 0 saturated carbocycles. The van der Waals surface area contributed by atoms with Crippen LogP contribution in [-0.4, -0.2) is 31.6 Å². The standard InChI is InChI=1S/C20H23NO3/c1-2-7-16(8-3-1)13-20(15-21-11-6-12-23-20)19-22-14-17-9-4-5-10-18(17)24-19/h1-5,7-10,19,21H,6,11-15H2. The minimum atomic E-state index is -0.522. The van der Waals surface area contributed by atoms with E-state index in [-0.39, 0.29) is 0 Å². The van der Waals surface area contributed by atoms with E-state index in [0.29, 0.717) is 19.8 Å². The van der Waals surface area contributed by atoms with E-state index in [0.717, 1.165) is 30.7 Å². The smallest absolute Gasteiger partial charge is 0.231 e. The Labute approximate surface area is 142 Å². The van der Waals surface area contributed by atoms with E-state index in [4.69, 9.17) is 14.2 Å². The van der Waals surface area contributed by atoms with Crippen molar-refractivity contribution in [2.75, 3.05) is 19.7 Å². The molecule has 2 heterocycles. The van der Waals surface area contributed by atoms with Crippen LogP contribution in [0, 0.1) is 0 Å². The lowest BCUT2D eigenvalue weighted by molar-refractivity contribution is -0.228. The van der Waals surface area contributed by atoms with Crippen molar-refractivity contribution < 1.29 is 14.2 Å². The van der Waals surface area contributed by atoms with Crippen LogP contribution in [0.15, 0.2) is 54.6 Å². The van der Waals surface area contributed by atoms with Crippen LogP contribution in [0.1, 0.15) is 17.5 Å². The fraction of sp³-hybridized carbons (Fsp3) is 0.400. The number of fused-ring (bicyclic) bond motifs is 1. The predicted octanol–water partition coefficient (Wildman–Crippen LogP) is 2.91. The fourth-order valence-corrected chi connectivity index (χ4v) is 3.43. The third-order valence-electron chi connectivity index (χ3n) is 4.68. The van der Waals surface area contributed by atoms with Crippen molar-refractivity contribution >= 4 is 0 Å². The summed E-state index contributed by atoms with van der Waals surface area (Å²) in [5.74, 6) is 0.897. The third-order valence-corrected chi connectivity index (χ3v) is 4.68. The average Bonchev–Trinajstić information content (AvgIpc) is 2.89. The van der Waals surface area contributed by atoms with Gasteiger partial charge in [-0.3, -0.25) is 0 Å². The molecule has 2 atom stereocenters. The molecule has 2 aromatic carbocycles. The highest BCUT2D eigenvalue weighted by molar-refractivity contribution is 5.34. The zero-order valence-corrected chi connectivity index (χ0v) is 13.7. The van der Waals surface area contributed by atoms with Crippen molar-refractivity contribution in [3.63, 3.8) is 0 Å². The molecule has 126 valence electrons. The molecule has 4 rings (SSSR count). The molecule has 4 heteroatoms. The minimum Gasteiger partial charge on any atom is -0.461 e. The molecule has 2 aliphatic rings. The second kappa shape index (κ2) is 6.93. The topological polar surface area (TPSA) is 39.7 Å². The van der Waals surface area contributed by atoms with Gasteiger partial charge in [0, 0.05) is 25.1 Å². The summed E-state index contributed by atoms with van der Waals surface area (Å²) in [4.78, 5) is 0. The highest BCUT2D eigenvalue weighted by Gasteiger charge is 2.45. The van der Waals surface area contributed by atoms with E-state index in [1.807, 2.05) is 30.3 Å².